The van der Waals surface area contributed by atoms with E-state index in [1.54, 1.807) is 24.3 Å². The number of rotatable bonds is 6. The number of hydrogen-bond donors (Lipinski definition) is 1. The van der Waals surface area contributed by atoms with Crippen LogP contribution in [0.3, 0.4) is 0 Å². The normalized spacial score (nSPS) is 19.1. The number of hydrogen-bond acceptors (Lipinski definition) is 4. The summed E-state index contributed by atoms with van der Waals surface area (Å²) in [4.78, 5) is 39.6. The van der Waals surface area contributed by atoms with Crippen LogP contribution >= 0.6 is 0 Å². The number of nitrogens with one attached hydrogen (secondary N) is 1. The molecule has 150 valence electrons. The molecule has 0 aliphatic carbocycles. The standard InChI is InChI=1S/C23H25N3O3/c27-21-10-11-22(28)26(21)16-17-6-8-19(9-7-17)23(29)24-14-18-12-13-25(15-18)20-4-2-1-3-5-20/h1-9,18H,10-16H2,(H,24,29). The number of carbonyl (C=O) groups excluding carboxylic acids is 3. The van der Waals surface area contributed by atoms with Crippen LogP contribution in [0.5, 0.6) is 0 Å². The highest BCUT2D eigenvalue weighted by atomic mass is 16.2. The smallest absolute Gasteiger partial charge is 0.251 e. The maximum atomic E-state index is 12.5. The van der Waals surface area contributed by atoms with Crippen LogP contribution in [0.4, 0.5) is 5.69 Å². The van der Waals surface area contributed by atoms with E-state index < -0.39 is 0 Å². The molecule has 29 heavy (non-hydrogen) atoms. The van der Waals surface area contributed by atoms with Crippen molar-refractivity contribution < 1.29 is 14.4 Å². The van der Waals surface area contributed by atoms with Crippen LogP contribution in [0.15, 0.2) is 54.6 Å². The third-order valence-corrected chi connectivity index (χ3v) is 5.67. The lowest BCUT2D eigenvalue weighted by Crippen LogP contribution is -2.31. The van der Waals surface area contributed by atoms with Crippen molar-refractivity contribution >= 4 is 23.4 Å². The quantitative estimate of drug-likeness (QED) is 0.769. The zero-order chi connectivity index (χ0) is 20.2. The van der Waals surface area contributed by atoms with Gasteiger partial charge in [0.25, 0.3) is 5.91 Å². The van der Waals surface area contributed by atoms with Crippen molar-refractivity contribution in [3.8, 4) is 0 Å². The summed E-state index contributed by atoms with van der Waals surface area (Å²) in [5.41, 5.74) is 2.66. The lowest BCUT2D eigenvalue weighted by molar-refractivity contribution is -0.139. The fourth-order valence-electron chi connectivity index (χ4n) is 3.96. The Labute approximate surface area is 170 Å². The molecule has 0 bridgehead atoms. The molecule has 1 atom stereocenters. The van der Waals surface area contributed by atoms with Crippen molar-refractivity contribution in [2.24, 2.45) is 5.92 Å². The number of benzene rings is 2. The van der Waals surface area contributed by atoms with Crippen LogP contribution in [-0.4, -0.2) is 42.3 Å². The highest BCUT2D eigenvalue weighted by molar-refractivity contribution is 6.01. The first-order valence-corrected chi connectivity index (χ1v) is 10.1. The average Bonchev–Trinajstić information content (AvgIpc) is 3.35. The van der Waals surface area contributed by atoms with Gasteiger partial charge in [-0.05, 0) is 42.2 Å². The molecular formula is C23H25N3O3. The summed E-state index contributed by atoms with van der Waals surface area (Å²) in [6.45, 7) is 2.88. The van der Waals surface area contributed by atoms with E-state index >= 15 is 0 Å². The zero-order valence-corrected chi connectivity index (χ0v) is 16.3. The molecule has 2 aromatic carbocycles. The molecule has 2 saturated heterocycles. The molecule has 4 rings (SSSR count). The molecule has 0 radical (unpaired) electrons. The molecule has 0 spiro atoms. The van der Waals surface area contributed by atoms with Gasteiger partial charge in [0.1, 0.15) is 0 Å². The first-order valence-electron chi connectivity index (χ1n) is 10.1. The second-order valence-electron chi connectivity index (χ2n) is 7.72. The minimum Gasteiger partial charge on any atom is -0.371 e. The Kier molecular flexibility index (Phi) is 5.60. The van der Waals surface area contributed by atoms with Gasteiger partial charge in [-0.1, -0.05) is 30.3 Å². The second-order valence-corrected chi connectivity index (χ2v) is 7.72. The van der Waals surface area contributed by atoms with E-state index in [0.717, 1.165) is 25.1 Å². The number of para-hydroxylation sites is 1. The van der Waals surface area contributed by atoms with E-state index in [0.29, 0.717) is 30.9 Å². The summed E-state index contributed by atoms with van der Waals surface area (Å²) in [5, 5.41) is 3.04. The predicted octanol–water partition coefficient (Wildman–Crippen LogP) is 2.59. The third-order valence-electron chi connectivity index (χ3n) is 5.67. The molecule has 1 unspecified atom stereocenters. The van der Waals surface area contributed by atoms with Crippen molar-refractivity contribution in [2.45, 2.75) is 25.8 Å². The van der Waals surface area contributed by atoms with Crippen molar-refractivity contribution in [3.63, 3.8) is 0 Å². The van der Waals surface area contributed by atoms with E-state index in [1.807, 2.05) is 18.2 Å². The topological polar surface area (TPSA) is 69.7 Å². The van der Waals surface area contributed by atoms with Crippen LogP contribution in [0.2, 0.25) is 0 Å². The maximum absolute atomic E-state index is 12.5. The van der Waals surface area contributed by atoms with E-state index in [1.165, 1.54) is 10.6 Å². The van der Waals surface area contributed by atoms with Crippen LogP contribution in [0.1, 0.15) is 35.2 Å². The van der Waals surface area contributed by atoms with Gasteiger partial charge in [-0.3, -0.25) is 19.3 Å². The summed E-state index contributed by atoms with van der Waals surface area (Å²) in [5.74, 6) is 0.0875. The van der Waals surface area contributed by atoms with Crippen LogP contribution in [-0.2, 0) is 16.1 Å². The Bertz CT molecular complexity index is 879. The molecule has 2 aromatic rings. The summed E-state index contributed by atoms with van der Waals surface area (Å²) >= 11 is 0. The average molecular weight is 391 g/mol. The molecule has 0 aromatic heterocycles. The minimum atomic E-state index is -0.127. The second kappa shape index (κ2) is 8.47. The van der Waals surface area contributed by atoms with Crippen LogP contribution in [0, 0.1) is 5.92 Å². The van der Waals surface area contributed by atoms with Gasteiger partial charge in [0.15, 0.2) is 0 Å². The molecule has 2 aliphatic rings. The van der Waals surface area contributed by atoms with Crippen molar-refractivity contribution in [3.05, 3.63) is 65.7 Å². The number of likely N-dealkylation sites (tertiary alicyclic amines) is 1. The molecule has 3 amide bonds. The highest BCUT2D eigenvalue weighted by Crippen LogP contribution is 2.23. The fraction of sp³-hybridized carbons (Fsp3) is 0.348. The Morgan fingerprint density at radius 2 is 1.66 bits per heavy atom. The number of anilines is 1. The van der Waals surface area contributed by atoms with E-state index in [4.69, 9.17) is 0 Å². The molecule has 6 heteroatoms. The Hall–Kier alpha value is -3.15. The van der Waals surface area contributed by atoms with Gasteiger partial charge in [0.2, 0.25) is 11.8 Å². The lowest BCUT2D eigenvalue weighted by Gasteiger charge is -2.18. The highest BCUT2D eigenvalue weighted by Gasteiger charge is 2.28. The molecule has 0 saturated carbocycles. The summed E-state index contributed by atoms with van der Waals surface area (Å²) in [6, 6.07) is 17.5. The maximum Gasteiger partial charge on any atom is 0.251 e. The van der Waals surface area contributed by atoms with Gasteiger partial charge in [-0.15, -0.1) is 0 Å². The predicted molar refractivity (Wildman–Crippen MR) is 110 cm³/mol. The molecule has 1 N–H and O–H groups in total. The van der Waals surface area contributed by atoms with Gasteiger partial charge >= 0.3 is 0 Å². The van der Waals surface area contributed by atoms with Gasteiger partial charge in [-0.25, -0.2) is 0 Å². The Morgan fingerprint density at radius 3 is 2.34 bits per heavy atom. The number of carbonyl (C=O) groups is 3. The first-order chi connectivity index (χ1) is 14.1. The summed E-state index contributed by atoms with van der Waals surface area (Å²) in [6.07, 6.45) is 1.65. The van der Waals surface area contributed by atoms with Crippen molar-refractivity contribution in [1.29, 1.82) is 0 Å². The molecule has 2 fully saturated rings. The lowest BCUT2D eigenvalue weighted by atomic mass is 10.1. The van der Waals surface area contributed by atoms with Gasteiger partial charge in [0.05, 0.1) is 6.54 Å². The van der Waals surface area contributed by atoms with E-state index in [-0.39, 0.29) is 24.3 Å². The van der Waals surface area contributed by atoms with Crippen LogP contribution in [0.25, 0.3) is 0 Å². The Morgan fingerprint density at radius 1 is 0.966 bits per heavy atom. The van der Waals surface area contributed by atoms with Gasteiger partial charge in [0, 0.05) is 43.7 Å². The minimum absolute atomic E-state index is 0.0944. The van der Waals surface area contributed by atoms with Crippen molar-refractivity contribution in [1.82, 2.24) is 10.2 Å². The molecule has 2 aliphatic heterocycles. The van der Waals surface area contributed by atoms with E-state index in [2.05, 4.69) is 22.3 Å². The summed E-state index contributed by atoms with van der Waals surface area (Å²) < 4.78 is 0. The van der Waals surface area contributed by atoms with Gasteiger partial charge < -0.3 is 10.2 Å². The fourth-order valence-corrected chi connectivity index (χ4v) is 3.96. The van der Waals surface area contributed by atoms with Crippen LogP contribution < -0.4 is 10.2 Å². The Balaban J connectivity index is 1.27. The molecule has 2 heterocycles. The third kappa shape index (κ3) is 4.47. The van der Waals surface area contributed by atoms with Crippen molar-refractivity contribution in [2.75, 3.05) is 24.5 Å². The number of nitrogens with zero attached hydrogens (tertiary/aromatic N) is 2. The number of imide groups is 1. The SMILES string of the molecule is O=C(NCC1CCN(c2ccccc2)C1)c1ccc(CN2C(=O)CCC2=O)cc1. The zero-order valence-electron chi connectivity index (χ0n) is 16.3. The molecule has 6 nitrogen and oxygen atoms in total. The monoisotopic (exact) mass is 391 g/mol. The van der Waals surface area contributed by atoms with Gasteiger partial charge in [-0.2, -0.15) is 0 Å². The first kappa shape index (κ1) is 19.2. The summed E-state index contributed by atoms with van der Waals surface area (Å²) in [7, 11) is 0. The largest absolute Gasteiger partial charge is 0.371 e. The van der Waals surface area contributed by atoms with E-state index in [9.17, 15) is 14.4 Å². The molecular weight excluding hydrogens is 366 g/mol. The number of amides is 3.